The quantitative estimate of drug-likeness (QED) is 0.832. The lowest BCUT2D eigenvalue weighted by atomic mass is 10.2. The second-order valence-corrected chi connectivity index (χ2v) is 4.15. The van der Waals surface area contributed by atoms with Crippen molar-refractivity contribution in [3.05, 3.63) is 18.0 Å². The van der Waals surface area contributed by atoms with Gasteiger partial charge in [-0.25, -0.2) is 4.98 Å². The minimum Gasteiger partial charge on any atom is -0.486 e. The van der Waals surface area contributed by atoms with Crippen molar-refractivity contribution in [1.29, 1.82) is 0 Å². The second-order valence-electron chi connectivity index (χ2n) is 4.15. The zero-order valence-electron chi connectivity index (χ0n) is 10.00. The highest BCUT2D eigenvalue weighted by Crippen LogP contribution is 2.34. The molecule has 0 fully saturated rings. The van der Waals surface area contributed by atoms with Crippen molar-refractivity contribution in [3.8, 4) is 11.5 Å². The van der Waals surface area contributed by atoms with E-state index in [2.05, 4.69) is 4.98 Å². The first kappa shape index (κ1) is 11.8. The van der Waals surface area contributed by atoms with Crippen molar-refractivity contribution in [2.45, 2.75) is 13.2 Å². The molecule has 2 heterocycles. The van der Waals surface area contributed by atoms with Crippen LogP contribution in [0.15, 0.2) is 12.1 Å². The summed E-state index contributed by atoms with van der Waals surface area (Å²) in [5, 5.41) is 18.2. The van der Waals surface area contributed by atoms with Crippen molar-refractivity contribution in [2.24, 2.45) is 0 Å². The maximum absolute atomic E-state index is 10.9. The summed E-state index contributed by atoms with van der Waals surface area (Å²) in [6.45, 7) is 0.347. The number of aliphatic carboxylic acids is 1. The summed E-state index contributed by atoms with van der Waals surface area (Å²) in [5.74, 6) is 0.460. The van der Waals surface area contributed by atoms with Crippen LogP contribution >= 0.6 is 0 Å². The van der Waals surface area contributed by atoms with Crippen LogP contribution < -0.4 is 9.47 Å². The molecular formula is C12H12N2O5. The summed E-state index contributed by atoms with van der Waals surface area (Å²) >= 11 is 0. The van der Waals surface area contributed by atoms with Gasteiger partial charge in [0, 0.05) is 12.1 Å². The minimum atomic E-state index is -0.996. The molecule has 19 heavy (non-hydrogen) atoms. The molecule has 0 spiro atoms. The molecule has 0 saturated carbocycles. The van der Waals surface area contributed by atoms with E-state index in [-0.39, 0.29) is 13.2 Å². The van der Waals surface area contributed by atoms with Crippen LogP contribution in [0.2, 0.25) is 0 Å². The summed E-state index contributed by atoms with van der Waals surface area (Å²) in [7, 11) is 0. The van der Waals surface area contributed by atoms with E-state index in [0.29, 0.717) is 41.6 Å². The normalized spacial score (nSPS) is 13.7. The molecule has 0 unspecified atom stereocenters. The van der Waals surface area contributed by atoms with Gasteiger partial charge in [-0.15, -0.1) is 0 Å². The number of imidazole rings is 1. The van der Waals surface area contributed by atoms with E-state index >= 15 is 0 Å². The van der Waals surface area contributed by atoms with Crippen molar-refractivity contribution < 1.29 is 24.5 Å². The number of nitrogens with zero attached hydrogens (tertiary/aromatic N) is 2. The number of carboxylic acid groups (broad SMARTS) is 1. The third-order valence-corrected chi connectivity index (χ3v) is 2.93. The minimum absolute atomic E-state index is 0.258. The van der Waals surface area contributed by atoms with Gasteiger partial charge in [-0.2, -0.15) is 0 Å². The third-order valence-electron chi connectivity index (χ3n) is 2.93. The smallest absolute Gasteiger partial charge is 0.323 e. The van der Waals surface area contributed by atoms with E-state index in [1.807, 2.05) is 0 Å². The van der Waals surface area contributed by atoms with Gasteiger partial charge in [0.1, 0.15) is 32.2 Å². The molecule has 1 aromatic carbocycles. The summed E-state index contributed by atoms with van der Waals surface area (Å²) in [5.41, 5.74) is 1.19. The van der Waals surface area contributed by atoms with Gasteiger partial charge in [0.25, 0.3) is 0 Å². The SMILES string of the molecule is O=C(O)Cn1c(CO)nc2cc3c(cc21)OCCO3. The van der Waals surface area contributed by atoms with Gasteiger partial charge in [-0.05, 0) is 0 Å². The van der Waals surface area contributed by atoms with Gasteiger partial charge in [0.05, 0.1) is 11.0 Å². The van der Waals surface area contributed by atoms with Crippen LogP contribution in [0.25, 0.3) is 11.0 Å². The Hall–Kier alpha value is -2.28. The Kier molecular flexibility index (Phi) is 2.75. The van der Waals surface area contributed by atoms with Crippen LogP contribution in [0.4, 0.5) is 0 Å². The molecule has 2 N–H and O–H groups in total. The predicted octanol–water partition coefficient (Wildman–Crippen LogP) is 0.384. The second kappa shape index (κ2) is 4.43. The van der Waals surface area contributed by atoms with Crippen molar-refractivity contribution in [2.75, 3.05) is 13.2 Å². The van der Waals surface area contributed by atoms with Gasteiger partial charge < -0.3 is 24.3 Å². The Labute approximate surface area is 108 Å². The number of ether oxygens (including phenoxy) is 2. The number of hydrogen-bond donors (Lipinski definition) is 2. The number of aromatic nitrogens is 2. The number of fused-ring (bicyclic) bond motifs is 2. The molecule has 0 aliphatic carbocycles. The molecule has 0 amide bonds. The molecular weight excluding hydrogens is 252 g/mol. The van der Waals surface area contributed by atoms with Crippen molar-refractivity contribution in [1.82, 2.24) is 9.55 Å². The number of carbonyl (C=O) groups is 1. The first-order valence-corrected chi connectivity index (χ1v) is 5.80. The standard InChI is InChI=1S/C12H12N2O5/c15-6-11-13-7-3-9-10(19-2-1-18-9)4-8(7)14(11)5-12(16)17/h3-4,15H,1-2,5-6H2,(H,16,17). The average molecular weight is 264 g/mol. The van der Waals surface area contributed by atoms with Gasteiger partial charge in [0.15, 0.2) is 11.5 Å². The number of carboxylic acids is 1. The molecule has 0 bridgehead atoms. The monoisotopic (exact) mass is 264 g/mol. The Morgan fingerprint density at radius 1 is 1.32 bits per heavy atom. The maximum atomic E-state index is 10.9. The Balaban J connectivity index is 2.19. The molecule has 2 aromatic rings. The molecule has 7 heteroatoms. The van der Waals surface area contributed by atoms with Crippen molar-refractivity contribution >= 4 is 17.0 Å². The molecule has 100 valence electrons. The molecule has 0 radical (unpaired) electrons. The zero-order valence-corrected chi connectivity index (χ0v) is 10.00. The van der Waals surface area contributed by atoms with Crippen molar-refractivity contribution in [3.63, 3.8) is 0 Å². The average Bonchev–Trinajstić information content (AvgIpc) is 2.73. The van der Waals surface area contributed by atoms with Crippen LogP contribution in [0.3, 0.4) is 0 Å². The lowest BCUT2D eigenvalue weighted by molar-refractivity contribution is -0.137. The molecule has 1 aliphatic heterocycles. The van der Waals surface area contributed by atoms with E-state index < -0.39 is 5.97 Å². The number of aliphatic hydroxyl groups is 1. The fourth-order valence-corrected chi connectivity index (χ4v) is 2.14. The molecule has 1 aromatic heterocycles. The lowest BCUT2D eigenvalue weighted by Gasteiger charge is -2.18. The van der Waals surface area contributed by atoms with Crippen LogP contribution in [0.5, 0.6) is 11.5 Å². The Bertz CT molecular complexity index is 649. The highest BCUT2D eigenvalue weighted by Gasteiger charge is 2.18. The fraction of sp³-hybridized carbons (Fsp3) is 0.333. The number of benzene rings is 1. The number of aliphatic hydroxyl groups excluding tert-OH is 1. The topological polar surface area (TPSA) is 93.8 Å². The fourth-order valence-electron chi connectivity index (χ4n) is 2.14. The molecule has 3 rings (SSSR count). The van der Waals surface area contributed by atoms with Crippen LogP contribution in [0.1, 0.15) is 5.82 Å². The first-order chi connectivity index (χ1) is 9.19. The number of hydrogen-bond acceptors (Lipinski definition) is 5. The first-order valence-electron chi connectivity index (χ1n) is 5.80. The molecule has 0 atom stereocenters. The van der Waals surface area contributed by atoms with E-state index in [1.54, 1.807) is 12.1 Å². The molecule has 1 aliphatic rings. The van der Waals surface area contributed by atoms with Gasteiger partial charge in [-0.3, -0.25) is 4.79 Å². The maximum Gasteiger partial charge on any atom is 0.323 e. The highest BCUT2D eigenvalue weighted by atomic mass is 16.6. The Morgan fingerprint density at radius 3 is 2.63 bits per heavy atom. The van der Waals surface area contributed by atoms with Crippen LogP contribution in [0, 0.1) is 0 Å². The van der Waals surface area contributed by atoms with Crippen LogP contribution in [-0.2, 0) is 17.9 Å². The largest absolute Gasteiger partial charge is 0.486 e. The van der Waals surface area contributed by atoms with Gasteiger partial charge >= 0.3 is 5.97 Å². The summed E-state index contributed by atoms with van der Waals surface area (Å²) in [6, 6.07) is 3.39. The summed E-state index contributed by atoms with van der Waals surface area (Å²) in [4.78, 5) is 15.1. The van der Waals surface area contributed by atoms with Crippen LogP contribution in [-0.4, -0.2) is 38.9 Å². The third kappa shape index (κ3) is 1.97. The van der Waals surface area contributed by atoms with Gasteiger partial charge in [-0.1, -0.05) is 0 Å². The predicted molar refractivity (Wildman–Crippen MR) is 64.3 cm³/mol. The van der Waals surface area contributed by atoms with E-state index in [0.717, 1.165) is 0 Å². The highest BCUT2D eigenvalue weighted by molar-refractivity contribution is 5.82. The molecule has 7 nitrogen and oxygen atoms in total. The van der Waals surface area contributed by atoms with E-state index in [4.69, 9.17) is 14.6 Å². The molecule has 0 saturated heterocycles. The summed E-state index contributed by atoms with van der Waals surface area (Å²) < 4.78 is 12.4. The lowest BCUT2D eigenvalue weighted by Crippen LogP contribution is -2.15. The Morgan fingerprint density at radius 2 is 2.00 bits per heavy atom. The van der Waals surface area contributed by atoms with E-state index in [1.165, 1.54) is 4.57 Å². The number of rotatable bonds is 3. The van der Waals surface area contributed by atoms with Gasteiger partial charge in [0.2, 0.25) is 0 Å². The zero-order chi connectivity index (χ0) is 13.4. The summed E-state index contributed by atoms with van der Waals surface area (Å²) in [6.07, 6.45) is 0. The van der Waals surface area contributed by atoms with E-state index in [9.17, 15) is 9.90 Å².